The fraction of sp³-hybridized carbons (Fsp3) is 0.250. The summed E-state index contributed by atoms with van der Waals surface area (Å²) in [5.74, 6) is 4.51. The molecule has 0 radical (unpaired) electrons. The molecule has 4 N–H and O–H groups in total. The second-order valence-electron chi connectivity index (χ2n) is 6.09. The number of amides is 2. The lowest BCUT2D eigenvalue weighted by atomic mass is 10.0. The van der Waals surface area contributed by atoms with Crippen LogP contribution in [0.15, 0.2) is 48.5 Å². The van der Waals surface area contributed by atoms with Gasteiger partial charge in [-0.3, -0.25) is 15.0 Å². The van der Waals surface area contributed by atoms with Crippen LogP contribution in [0.4, 0.5) is 0 Å². The Kier molecular flexibility index (Phi) is 9.70. The van der Waals surface area contributed by atoms with Crippen molar-refractivity contribution in [3.8, 4) is 5.75 Å². The predicted octanol–water partition coefficient (Wildman–Crippen LogP) is 1.47. The van der Waals surface area contributed by atoms with Gasteiger partial charge in [0.15, 0.2) is 0 Å². The molecule has 2 amide bonds. The molecule has 0 aliphatic rings. The summed E-state index contributed by atoms with van der Waals surface area (Å²) in [5, 5.41) is 2.39. The Morgan fingerprint density at radius 2 is 1.39 bits per heavy atom. The summed E-state index contributed by atoms with van der Waals surface area (Å²) in [5.41, 5.74) is 5.30. The lowest BCUT2D eigenvalue weighted by Crippen LogP contribution is -2.31. The molecule has 0 heterocycles. The molecule has 2 aromatic rings. The fourth-order valence-electron chi connectivity index (χ4n) is 2.44. The van der Waals surface area contributed by atoms with E-state index in [4.69, 9.17) is 10.6 Å². The lowest BCUT2D eigenvalue weighted by molar-refractivity contribution is -0.135. The van der Waals surface area contributed by atoms with Gasteiger partial charge in [0.25, 0.3) is 0 Å². The van der Waals surface area contributed by atoms with Crippen molar-refractivity contribution >= 4 is 30.2 Å². The van der Waals surface area contributed by atoms with Crippen LogP contribution in [0, 0.1) is 0 Å². The van der Waals surface area contributed by atoms with E-state index in [1.165, 1.54) is 6.92 Å². The van der Waals surface area contributed by atoms with Gasteiger partial charge in [-0.15, -0.1) is 12.4 Å². The third kappa shape index (κ3) is 8.20. The molecule has 0 aromatic heterocycles. The van der Waals surface area contributed by atoms with Crippen LogP contribution in [0.1, 0.15) is 23.6 Å². The number of aryl methyl sites for hydroxylation is 2. The molecule has 28 heavy (non-hydrogen) atoms. The van der Waals surface area contributed by atoms with Crippen LogP contribution in [0.25, 0.3) is 0 Å². The fourth-order valence-corrected chi connectivity index (χ4v) is 2.44. The maximum atomic E-state index is 11.6. The van der Waals surface area contributed by atoms with Crippen molar-refractivity contribution in [2.75, 3.05) is 6.54 Å². The van der Waals surface area contributed by atoms with Crippen molar-refractivity contribution in [1.29, 1.82) is 0 Å². The topological polar surface area (TPSA) is 111 Å². The molecular formula is C20H24ClN3O4. The number of benzene rings is 2. The molecule has 2 aromatic carbocycles. The standard InChI is InChI=1S/C20H23N3O4.ClH/c1-14(24)22-13-20(26)27-18-10-8-16(9-11-18)3-2-15-4-6-17(7-5-15)12-19(25)23-21;/h4-11H,2-3,12-13,21H2,1H3,(H,22,24)(H,23,25);1H. The highest BCUT2D eigenvalue weighted by Crippen LogP contribution is 2.15. The van der Waals surface area contributed by atoms with Crippen molar-refractivity contribution in [3.63, 3.8) is 0 Å². The Morgan fingerprint density at radius 3 is 1.89 bits per heavy atom. The van der Waals surface area contributed by atoms with Crippen LogP contribution in [0.2, 0.25) is 0 Å². The molecule has 0 aliphatic carbocycles. The normalized spacial score (nSPS) is 9.79. The first-order valence-electron chi connectivity index (χ1n) is 8.57. The monoisotopic (exact) mass is 405 g/mol. The number of nitrogens with two attached hydrogens (primary N) is 1. The van der Waals surface area contributed by atoms with Crippen molar-refractivity contribution in [2.24, 2.45) is 5.84 Å². The van der Waals surface area contributed by atoms with Crippen molar-refractivity contribution in [1.82, 2.24) is 10.7 Å². The van der Waals surface area contributed by atoms with Crippen molar-refractivity contribution in [3.05, 3.63) is 65.2 Å². The summed E-state index contributed by atoms with van der Waals surface area (Å²) in [4.78, 5) is 33.6. The van der Waals surface area contributed by atoms with Crippen LogP contribution in [0.5, 0.6) is 5.75 Å². The summed E-state index contributed by atoms with van der Waals surface area (Å²) in [6, 6.07) is 15.1. The summed E-state index contributed by atoms with van der Waals surface area (Å²) in [6.45, 7) is 1.19. The summed E-state index contributed by atoms with van der Waals surface area (Å²) >= 11 is 0. The molecule has 0 bridgehead atoms. The SMILES string of the molecule is CC(=O)NCC(=O)Oc1ccc(CCc2ccc(CC(=O)NN)cc2)cc1.Cl. The summed E-state index contributed by atoms with van der Waals surface area (Å²) in [6.07, 6.45) is 1.95. The molecule has 8 heteroatoms. The third-order valence-electron chi connectivity index (χ3n) is 3.89. The number of halogens is 1. The Labute approximate surface area is 170 Å². The van der Waals surface area contributed by atoms with Crippen LogP contribution in [0.3, 0.4) is 0 Å². The van der Waals surface area contributed by atoms with Gasteiger partial charge < -0.3 is 10.1 Å². The van der Waals surface area contributed by atoms with Crippen LogP contribution < -0.4 is 21.3 Å². The molecule has 0 fully saturated rings. The third-order valence-corrected chi connectivity index (χ3v) is 3.89. The summed E-state index contributed by atoms with van der Waals surface area (Å²) < 4.78 is 5.14. The first-order valence-corrected chi connectivity index (χ1v) is 8.57. The Balaban J connectivity index is 0.00000392. The second-order valence-corrected chi connectivity index (χ2v) is 6.09. The highest BCUT2D eigenvalue weighted by molar-refractivity contribution is 5.85. The van der Waals surface area contributed by atoms with Gasteiger partial charge in [-0.1, -0.05) is 36.4 Å². The molecule has 0 aliphatic heterocycles. The first-order chi connectivity index (χ1) is 13.0. The van der Waals surface area contributed by atoms with Crippen LogP contribution in [-0.4, -0.2) is 24.3 Å². The Morgan fingerprint density at radius 1 is 0.893 bits per heavy atom. The zero-order valence-electron chi connectivity index (χ0n) is 15.6. The van der Waals surface area contributed by atoms with E-state index in [0.717, 1.165) is 29.5 Å². The molecule has 2 rings (SSSR count). The van der Waals surface area contributed by atoms with Crippen molar-refractivity contribution in [2.45, 2.75) is 26.2 Å². The number of rotatable bonds is 8. The van der Waals surface area contributed by atoms with E-state index in [-0.39, 0.29) is 37.2 Å². The van der Waals surface area contributed by atoms with Gasteiger partial charge in [-0.2, -0.15) is 0 Å². The number of carbonyl (C=O) groups excluding carboxylic acids is 3. The zero-order valence-corrected chi connectivity index (χ0v) is 16.4. The quantitative estimate of drug-likeness (QED) is 0.202. The van der Waals surface area contributed by atoms with Gasteiger partial charge in [0, 0.05) is 6.92 Å². The van der Waals surface area contributed by atoms with Gasteiger partial charge in [0.2, 0.25) is 11.8 Å². The minimum Gasteiger partial charge on any atom is -0.425 e. The van der Waals surface area contributed by atoms with E-state index >= 15 is 0 Å². The maximum Gasteiger partial charge on any atom is 0.330 e. The van der Waals surface area contributed by atoms with Crippen LogP contribution >= 0.6 is 12.4 Å². The molecular weight excluding hydrogens is 382 g/mol. The van der Waals surface area contributed by atoms with E-state index in [1.54, 1.807) is 12.1 Å². The zero-order chi connectivity index (χ0) is 19.6. The van der Waals surface area contributed by atoms with Gasteiger partial charge in [-0.05, 0) is 41.7 Å². The van der Waals surface area contributed by atoms with Crippen molar-refractivity contribution < 1.29 is 19.1 Å². The molecule has 0 saturated heterocycles. The second kappa shape index (κ2) is 11.7. The predicted molar refractivity (Wildman–Crippen MR) is 108 cm³/mol. The minimum atomic E-state index is -0.513. The number of esters is 1. The maximum absolute atomic E-state index is 11.6. The van der Waals surface area contributed by atoms with Crippen LogP contribution in [-0.2, 0) is 33.6 Å². The molecule has 7 nitrogen and oxygen atoms in total. The summed E-state index contributed by atoms with van der Waals surface area (Å²) in [7, 11) is 0. The number of carbonyl (C=O) groups is 3. The average molecular weight is 406 g/mol. The molecule has 0 atom stereocenters. The van der Waals surface area contributed by atoms with E-state index < -0.39 is 5.97 Å². The number of hydrogen-bond acceptors (Lipinski definition) is 5. The molecule has 0 saturated carbocycles. The smallest absolute Gasteiger partial charge is 0.330 e. The highest BCUT2D eigenvalue weighted by Gasteiger charge is 2.06. The van der Waals surface area contributed by atoms with E-state index in [9.17, 15) is 14.4 Å². The van der Waals surface area contributed by atoms with Gasteiger partial charge in [0.05, 0.1) is 6.42 Å². The van der Waals surface area contributed by atoms with E-state index in [2.05, 4.69) is 10.7 Å². The number of hydrogen-bond donors (Lipinski definition) is 3. The van der Waals surface area contributed by atoms with E-state index in [1.807, 2.05) is 36.4 Å². The molecule has 150 valence electrons. The largest absolute Gasteiger partial charge is 0.425 e. The molecule has 0 unspecified atom stereocenters. The first kappa shape index (κ1) is 23.1. The average Bonchev–Trinajstić information content (AvgIpc) is 2.67. The van der Waals surface area contributed by atoms with Gasteiger partial charge in [-0.25, -0.2) is 10.6 Å². The highest BCUT2D eigenvalue weighted by atomic mass is 35.5. The minimum absolute atomic E-state index is 0. The van der Waals surface area contributed by atoms with Gasteiger partial charge >= 0.3 is 5.97 Å². The Bertz CT molecular complexity index is 792. The Hall–Kier alpha value is -2.90. The van der Waals surface area contributed by atoms with E-state index in [0.29, 0.717) is 5.75 Å². The number of nitrogens with one attached hydrogen (secondary N) is 2. The number of ether oxygens (including phenoxy) is 1. The van der Waals surface area contributed by atoms with Gasteiger partial charge in [0.1, 0.15) is 12.3 Å². The number of hydrazine groups is 1. The molecule has 0 spiro atoms. The lowest BCUT2D eigenvalue weighted by Gasteiger charge is -2.07.